The molecule has 0 spiro atoms. The van der Waals surface area contributed by atoms with Gasteiger partial charge < -0.3 is 5.32 Å². The fourth-order valence-electron chi connectivity index (χ4n) is 3.30. The zero-order valence-corrected chi connectivity index (χ0v) is 22.8. The van der Waals surface area contributed by atoms with Crippen molar-refractivity contribution in [3.05, 3.63) is 54.0 Å². The number of imide groups is 1. The third kappa shape index (κ3) is 9.43. The third-order valence-electron chi connectivity index (χ3n) is 4.21. The molecule has 2 amide bonds. The summed E-state index contributed by atoms with van der Waals surface area (Å²) in [5.41, 5.74) is 0.445. The van der Waals surface area contributed by atoms with Crippen molar-refractivity contribution in [3.63, 3.8) is 0 Å². The van der Waals surface area contributed by atoms with E-state index in [4.69, 9.17) is 0 Å². The van der Waals surface area contributed by atoms with E-state index in [1.54, 1.807) is 12.2 Å². The molecule has 1 atom stereocenters. The molecule has 1 heterocycles. The maximum atomic E-state index is 12.6. The van der Waals surface area contributed by atoms with Crippen molar-refractivity contribution in [2.45, 2.75) is 73.8 Å². The SMILES string of the molecule is C=C/C=C\C(=[C-]CC)C(=C)[N-]C1CC(C)(C)CC(C)(C)C(=O)NC1=O.CC.[U+2]. The number of rotatable bonds is 6. The van der Waals surface area contributed by atoms with Gasteiger partial charge in [0.15, 0.2) is 0 Å². The molecule has 0 aromatic heterocycles. The van der Waals surface area contributed by atoms with Gasteiger partial charge in [0.05, 0.1) is 0 Å². The molecular weight excluding hydrogens is 574 g/mol. The molecule has 0 aromatic carbocycles. The molecule has 0 aliphatic carbocycles. The molecule has 4 nitrogen and oxygen atoms in total. The van der Waals surface area contributed by atoms with E-state index < -0.39 is 11.5 Å². The summed E-state index contributed by atoms with van der Waals surface area (Å²) < 4.78 is 0. The van der Waals surface area contributed by atoms with Crippen LogP contribution in [0.25, 0.3) is 5.32 Å². The van der Waals surface area contributed by atoms with Gasteiger partial charge in [0.25, 0.3) is 0 Å². The molecule has 28 heavy (non-hydrogen) atoms. The Labute approximate surface area is 195 Å². The van der Waals surface area contributed by atoms with Crippen LogP contribution in [-0.2, 0) is 9.59 Å². The van der Waals surface area contributed by atoms with E-state index in [-0.39, 0.29) is 48.3 Å². The van der Waals surface area contributed by atoms with Gasteiger partial charge in [-0.05, 0) is 17.9 Å². The normalized spacial score (nSPS) is 21.2. The first-order valence-corrected chi connectivity index (χ1v) is 9.68. The minimum Gasteiger partial charge on any atom is -0.732 e. The molecule has 0 bridgehead atoms. The Morgan fingerprint density at radius 3 is 2.36 bits per heavy atom. The Morgan fingerprint density at radius 1 is 1.29 bits per heavy atom. The minimum absolute atomic E-state index is 0. The van der Waals surface area contributed by atoms with E-state index in [0.717, 1.165) is 5.57 Å². The minimum atomic E-state index is -0.645. The zero-order valence-electron chi connectivity index (χ0n) is 18.6. The van der Waals surface area contributed by atoms with E-state index in [0.29, 0.717) is 25.0 Å². The van der Waals surface area contributed by atoms with E-state index in [1.807, 2.05) is 40.7 Å². The van der Waals surface area contributed by atoms with Crippen LogP contribution in [0.3, 0.4) is 0 Å². The van der Waals surface area contributed by atoms with Crippen molar-refractivity contribution in [3.8, 4) is 0 Å². The first kappa shape index (κ1) is 29.2. The molecule has 0 aromatic rings. The largest absolute Gasteiger partial charge is 2.00 e. The van der Waals surface area contributed by atoms with Crippen LogP contribution < -0.4 is 5.32 Å². The predicted molar refractivity (Wildman–Crippen MR) is 114 cm³/mol. The van der Waals surface area contributed by atoms with Crippen molar-refractivity contribution in [2.75, 3.05) is 0 Å². The number of allylic oxidation sites excluding steroid dienone is 4. The fourth-order valence-corrected chi connectivity index (χ4v) is 3.30. The smallest absolute Gasteiger partial charge is 0.732 e. The molecule has 1 saturated heterocycles. The van der Waals surface area contributed by atoms with Crippen molar-refractivity contribution >= 4 is 11.8 Å². The molecule has 1 fully saturated rings. The average molecular weight is 611 g/mol. The Morgan fingerprint density at radius 2 is 1.86 bits per heavy atom. The molecule has 5 heteroatoms. The van der Waals surface area contributed by atoms with Gasteiger partial charge in [0.2, 0.25) is 11.8 Å². The van der Waals surface area contributed by atoms with Gasteiger partial charge in [-0.25, -0.2) is 11.6 Å². The Hall–Kier alpha value is -1.05. The summed E-state index contributed by atoms with van der Waals surface area (Å²) in [6.07, 6.45) is 10.4. The third-order valence-corrected chi connectivity index (χ3v) is 4.21. The standard InChI is InChI=1S/C21H30N2O2.C2H6.U/c1-8-10-12-16(11-9-2)15(3)22-17-13-20(4,5)14-21(6,7)19(25)23-18(17)24;1-2;/h8,10,12,17H,1,3,9,13-14H2,2,4-7H3,(H,23,24,25);1-2H3;/q-2;;+2/b12-10-;;. The van der Waals surface area contributed by atoms with Gasteiger partial charge in [-0.15, -0.1) is 12.7 Å². The van der Waals surface area contributed by atoms with Crippen LogP contribution in [0.4, 0.5) is 0 Å². The Balaban J connectivity index is 0. The monoisotopic (exact) mass is 610 g/mol. The molecular formula is C23H36N2O2U. The van der Waals surface area contributed by atoms with Gasteiger partial charge >= 0.3 is 31.1 Å². The summed E-state index contributed by atoms with van der Waals surface area (Å²) in [6.45, 7) is 21.5. The summed E-state index contributed by atoms with van der Waals surface area (Å²) >= 11 is 0. The molecule has 154 valence electrons. The quantitative estimate of drug-likeness (QED) is 0.241. The number of carbonyl (C=O) groups excluding carboxylic acids is 2. The number of amides is 2. The number of hydrogen-bond donors (Lipinski definition) is 1. The molecule has 1 aliphatic heterocycles. The topological polar surface area (TPSA) is 60.3 Å². The number of carbonyl (C=O) groups is 2. The Kier molecular flexibility index (Phi) is 13.8. The molecule has 1 N–H and O–H groups in total. The molecule has 1 rings (SSSR count). The van der Waals surface area contributed by atoms with Gasteiger partial charge in [-0.2, -0.15) is 12.7 Å². The predicted octanol–water partition coefficient (Wildman–Crippen LogP) is 5.64. The molecule has 1 unspecified atom stereocenters. The number of nitrogens with one attached hydrogen (secondary N) is 1. The second-order valence-corrected chi connectivity index (χ2v) is 7.88. The van der Waals surface area contributed by atoms with Crippen LogP contribution in [0, 0.1) is 48.0 Å². The summed E-state index contributed by atoms with van der Waals surface area (Å²) in [6, 6.07) is -0.645. The van der Waals surface area contributed by atoms with Gasteiger partial charge in [0.1, 0.15) is 0 Å². The van der Waals surface area contributed by atoms with Gasteiger partial charge in [0, 0.05) is 5.41 Å². The fraction of sp³-hybridized carbons (Fsp3) is 0.565. The average Bonchev–Trinajstić information content (AvgIpc) is 2.57. The summed E-state index contributed by atoms with van der Waals surface area (Å²) in [4.78, 5) is 24.9. The van der Waals surface area contributed by atoms with E-state index in [1.165, 1.54) is 0 Å². The van der Waals surface area contributed by atoms with Crippen molar-refractivity contribution in [1.82, 2.24) is 5.32 Å². The summed E-state index contributed by atoms with van der Waals surface area (Å²) in [5, 5.41) is 7.03. The number of nitrogens with zero attached hydrogens (tertiary/aromatic N) is 1. The van der Waals surface area contributed by atoms with E-state index in [9.17, 15) is 9.59 Å². The summed E-state index contributed by atoms with van der Waals surface area (Å²) in [7, 11) is 0. The maximum absolute atomic E-state index is 12.6. The van der Waals surface area contributed by atoms with Gasteiger partial charge in [-0.3, -0.25) is 20.6 Å². The number of hydrogen-bond acceptors (Lipinski definition) is 2. The van der Waals surface area contributed by atoms with Crippen LogP contribution in [0.15, 0.2) is 42.7 Å². The van der Waals surface area contributed by atoms with Crippen LogP contribution in [-0.4, -0.2) is 17.9 Å². The van der Waals surface area contributed by atoms with Crippen molar-refractivity contribution in [1.29, 1.82) is 0 Å². The van der Waals surface area contributed by atoms with E-state index in [2.05, 4.69) is 43.7 Å². The first-order valence-electron chi connectivity index (χ1n) is 9.68. The second kappa shape index (κ2) is 13.2. The first-order chi connectivity index (χ1) is 12.5. The van der Waals surface area contributed by atoms with Crippen LogP contribution in [0.2, 0.25) is 0 Å². The van der Waals surface area contributed by atoms with Crippen molar-refractivity contribution < 1.29 is 40.7 Å². The van der Waals surface area contributed by atoms with Crippen LogP contribution in [0.1, 0.15) is 67.7 Å². The Bertz CT molecular complexity index is 616. The van der Waals surface area contributed by atoms with Crippen molar-refractivity contribution in [2.24, 2.45) is 10.8 Å². The maximum Gasteiger partial charge on any atom is 2.00 e. The molecule has 1 aliphatic rings. The zero-order chi connectivity index (χ0) is 21.3. The summed E-state index contributed by atoms with van der Waals surface area (Å²) in [5.74, 6) is -0.617. The van der Waals surface area contributed by atoms with E-state index >= 15 is 0 Å². The second-order valence-electron chi connectivity index (χ2n) is 7.88. The van der Waals surface area contributed by atoms with Crippen LogP contribution >= 0.6 is 0 Å². The molecule has 0 saturated carbocycles. The van der Waals surface area contributed by atoms with Gasteiger partial charge in [-0.1, -0.05) is 67.4 Å². The van der Waals surface area contributed by atoms with Crippen LogP contribution in [0.5, 0.6) is 0 Å². The molecule has 0 radical (unpaired) electrons.